The molecule has 0 bridgehead atoms. The molecule has 4 rings (SSSR count). The lowest BCUT2D eigenvalue weighted by Gasteiger charge is -2.38. The zero-order chi connectivity index (χ0) is 27.2. The third-order valence-electron chi connectivity index (χ3n) is 6.75. The number of likely N-dealkylation sites (tertiary alicyclic amines) is 1. The number of carboxylic acids is 1. The van der Waals surface area contributed by atoms with Crippen molar-refractivity contribution in [3.05, 3.63) is 65.2 Å². The maximum atomic E-state index is 13.8. The van der Waals surface area contributed by atoms with Crippen molar-refractivity contribution < 1.29 is 37.0 Å². The highest BCUT2D eigenvalue weighted by atomic mass is 19.4. The first kappa shape index (κ1) is 28.5. The molecular formula is C26H31F4N3O4. The van der Waals surface area contributed by atoms with Gasteiger partial charge < -0.3 is 14.7 Å². The molecule has 202 valence electrons. The van der Waals surface area contributed by atoms with Crippen LogP contribution in [-0.4, -0.2) is 77.3 Å². The first-order valence-corrected chi connectivity index (χ1v) is 11.9. The quantitative estimate of drug-likeness (QED) is 0.586. The maximum absolute atomic E-state index is 13.8. The standard InChI is InChI=1S/C24H30FN3O2.C2HF3O2/c1-18-5-6-20(12-22(18)25)23(29)28-10-7-24(8-11-28)13-21(30-17-24)16-27(2)15-19-4-3-9-26-14-19;3-2(4,5)1(6)7/h3-6,9,12,14,21H,7-8,10-11,13,15-17H2,1-2H3;(H,6,7). The first-order valence-electron chi connectivity index (χ1n) is 11.9. The van der Waals surface area contributed by atoms with Gasteiger partial charge in [-0.3, -0.25) is 14.7 Å². The number of benzene rings is 1. The molecule has 1 atom stereocenters. The third-order valence-corrected chi connectivity index (χ3v) is 6.75. The molecule has 11 heteroatoms. The van der Waals surface area contributed by atoms with E-state index in [0.717, 1.165) is 39.0 Å². The van der Waals surface area contributed by atoms with Gasteiger partial charge in [0.1, 0.15) is 5.82 Å². The normalized spacial score (nSPS) is 19.0. The van der Waals surface area contributed by atoms with Crippen LogP contribution in [0.2, 0.25) is 0 Å². The van der Waals surface area contributed by atoms with Crippen molar-refractivity contribution in [1.82, 2.24) is 14.8 Å². The van der Waals surface area contributed by atoms with E-state index >= 15 is 0 Å². The van der Waals surface area contributed by atoms with E-state index < -0.39 is 12.1 Å². The van der Waals surface area contributed by atoms with Crippen molar-refractivity contribution in [2.45, 2.75) is 45.0 Å². The lowest BCUT2D eigenvalue weighted by molar-refractivity contribution is -0.192. The summed E-state index contributed by atoms with van der Waals surface area (Å²) in [5.41, 5.74) is 2.36. The van der Waals surface area contributed by atoms with Crippen LogP contribution in [0.25, 0.3) is 0 Å². The summed E-state index contributed by atoms with van der Waals surface area (Å²) in [5.74, 6) is -3.15. The molecule has 3 heterocycles. The van der Waals surface area contributed by atoms with Gasteiger partial charge in [-0.1, -0.05) is 12.1 Å². The molecule has 1 amide bonds. The fraction of sp³-hybridized carbons (Fsp3) is 0.500. The van der Waals surface area contributed by atoms with Gasteiger partial charge >= 0.3 is 12.1 Å². The number of hydrogen-bond donors (Lipinski definition) is 1. The van der Waals surface area contributed by atoms with E-state index in [0.29, 0.717) is 24.2 Å². The van der Waals surface area contributed by atoms with Gasteiger partial charge in [-0.25, -0.2) is 9.18 Å². The topological polar surface area (TPSA) is 83.0 Å². The summed E-state index contributed by atoms with van der Waals surface area (Å²) in [4.78, 5) is 30.0. The number of aryl methyl sites for hydroxylation is 1. The molecule has 2 aliphatic rings. The van der Waals surface area contributed by atoms with Crippen LogP contribution < -0.4 is 0 Å². The Hall–Kier alpha value is -3.05. The van der Waals surface area contributed by atoms with E-state index in [1.54, 1.807) is 25.3 Å². The molecule has 1 N–H and O–H groups in total. The SMILES string of the molecule is Cc1ccc(C(=O)N2CCC3(CC2)COC(CN(C)Cc2cccnc2)C3)cc1F.O=C(O)C(F)(F)F. The second kappa shape index (κ2) is 12.0. The van der Waals surface area contributed by atoms with E-state index in [1.165, 1.54) is 11.6 Å². The summed E-state index contributed by atoms with van der Waals surface area (Å²) < 4.78 is 51.7. The molecule has 0 aliphatic carbocycles. The Morgan fingerprint density at radius 1 is 1.24 bits per heavy atom. The van der Waals surface area contributed by atoms with E-state index in [-0.39, 0.29) is 23.2 Å². The smallest absolute Gasteiger partial charge is 0.475 e. The molecule has 2 aromatic rings. The van der Waals surface area contributed by atoms with Gasteiger partial charge in [0.25, 0.3) is 5.91 Å². The maximum Gasteiger partial charge on any atom is 0.490 e. The molecule has 0 radical (unpaired) electrons. The van der Waals surface area contributed by atoms with Crippen molar-refractivity contribution >= 4 is 11.9 Å². The van der Waals surface area contributed by atoms with Crippen LogP contribution in [0.3, 0.4) is 0 Å². The van der Waals surface area contributed by atoms with Crippen molar-refractivity contribution in [2.75, 3.05) is 33.3 Å². The minimum Gasteiger partial charge on any atom is -0.475 e. The minimum atomic E-state index is -5.08. The summed E-state index contributed by atoms with van der Waals surface area (Å²) in [6, 6.07) is 8.80. The van der Waals surface area contributed by atoms with Crippen molar-refractivity contribution in [2.24, 2.45) is 5.41 Å². The number of aliphatic carboxylic acids is 1. The fourth-order valence-corrected chi connectivity index (χ4v) is 4.67. The Balaban J connectivity index is 0.000000479. The largest absolute Gasteiger partial charge is 0.490 e. The Bertz CT molecular complexity index is 1070. The van der Waals surface area contributed by atoms with Crippen molar-refractivity contribution in [3.8, 4) is 0 Å². The highest BCUT2D eigenvalue weighted by molar-refractivity contribution is 5.94. The molecule has 1 aromatic carbocycles. The van der Waals surface area contributed by atoms with Crippen molar-refractivity contribution in [1.29, 1.82) is 0 Å². The number of nitrogens with zero attached hydrogens (tertiary/aromatic N) is 3. The number of ether oxygens (including phenoxy) is 1. The summed E-state index contributed by atoms with van der Waals surface area (Å²) in [6.07, 6.45) is 1.75. The number of carbonyl (C=O) groups is 2. The number of rotatable bonds is 5. The van der Waals surface area contributed by atoms with Crippen LogP contribution in [0.15, 0.2) is 42.7 Å². The van der Waals surface area contributed by atoms with Gasteiger partial charge in [0.05, 0.1) is 12.7 Å². The number of aromatic nitrogens is 1. The van der Waals surface area contributed by atoms with Crippen LogP contribution >= 0.6 is 0 Å². The lowest BCUT2D eigenvalue weighted by atomic mass is 9.76. The highest BCUT2D eigenvalue weighted by Gasteiger charge is 2.43. The van der Waals surface area contributed by atoms with Crippen LogP contribution in [0, 0.1) is 18.2 Å². The van der Waals surface area contributed by atoms with E-state index in [2.05, 4.69) is 23.0 Å². The van der Waals surface area contributed by atoms with Gasteiger partial charge in [-0.05, 0) is 68.0 Å². The summed E-state index contributed by atoms with van der Waals surface area (Å²) in [5, 5.41) is 7.12. The molecule has 7 nitrogen and oxygen atoms in total. The summed E-state index contributed by atoms with van der Waals surface area (Å²) in [6.45, 7) is 5.63. The highest BCUT2D eigenvalue weighted by Crippen LogP contribution is 2.42. The fourth-order valence-electron chi connectivity index (χ4n) is 4.67. The Morgan fingerprint density at radius 2 is 1.92 bits per heavy atom. The zero-order valence-corrected chi connectivity index (χ0v) is 20.8. The molecular weight excluding hydrogens is 494 g/mol. The van der Waals surface area contributed by atoms with Crippen LogP contribution in [0.4, 0.5) is 17.6 Å². The molecule has 0 saturated carbocycles. The number of likely N-dealkylation sites (N-methyl/N-ethyl adjacent to an activating group) is 1. The predicted molar refractivity (Wildman–Crippen MR) is 127 cm³/mol. The molecule has 2 fully saturated rings. The molecule has 2 aliphatic heterocycles. The molecule has 2 saturated heterocycles. The number of alkyl halides is 3. The molecule has 1 spiro atoms. The first-order chi connectivity index (χ1) is 17.4. The Morgan fingerprint density at radius 3 is 2.49 bits per heavy atom. The molecule has 1 unspecified atom stereocenters. The van der Waals surface area contributed by atoms with Crippen molar-refractivity contribution in [3.63, 3.8) is 0 Å². The average molecular weight is 526 g/mol. The molecule has 1 aromatic heterocycles. The Labute approximate surface area is 213 Å². The van der Waals surface area contributed by atoms with Crippen LogP contribution in [-0.2, 0) is 16.1 Å². The number of piperidine rings is 1. The molecule has 37 heavy (non-hydrogen) atoms. The predicted octanol–water partition coefficient (Wildman–Crippen LogP) is 4.31. The van der Waals surface area contributed by atoms with E-state index in [1.807, 2.05) is 17.2 Å². The number of pyridine rings is 1. The lowest BCUT2D eigenvalue weighted by Crippen LogP contribution is -2.43. The van der Waals surface area contributed by atoms with Crippen LogP contribution in [0.5, 0.6) is 0 Å². The van der Waals surface area contributed by atoms with Gasteiger partial charge in [-0.2, -0.15) is 13.2 Å². The Kier molecular flexibility index (Phi) is 9.25. The van der Waals surface area contributed by atoms with Gasteiger partial charge in [-0.15, -0.1) is 0 Å². The van der Waals surface area contributed by atoms with E-state index in [4.69, 9.17) is 14.6 Å². The number of halogens is 4. The number of carboxylic acid groups (broad SMARTS) is 1. The summed E-state index contributed by atoms with van der Waals surface area (Å²) in [7, 11) is 2.11. The van der Waals surface area contributed by atoms with Crippen LogP contribution in [0.1, 0.15) is 40.7 Å². The van der Waals surface area contributed by atoms with Gasteiger partial charge in [0.2, 0.25) is 0 Å². The number of amides is 1. The number of hydrogen-bond acceptors (Lipinski definition) is 5. The summed E-state index contributed by atoms with van der Waals surface area (Å²) >= 11 is 0. The second-order valence-corrected chi connectivity index (χ2v) is 9.75. The second-order valence-electron chi connectivity index (χ2n) is 9.75. The monoisotopic (exact) mass is 525 g/mol. The van der Waals surface area contributed by atoms with E-state index in [9.17, 15) is 22.4 Å². The third kappa shape index (κ3) is 7.96. The number of carbonyl (C=O) groups excluding carboxylic acids is 1. The average Bonchev–Trinajstić information content (AvgIpc) is 3.22. The van der Waals surface area contributed by atoms with Gasteiger partial charge in [0, 0.05) is 44.1 Å². The minimum absolute atomic E-state index is 0.0737. The van der Waals surface area contributed by atoms with Gasteiger partial charge in [0.15, 0.2) is 0 Å². The zero-order valence-electron chi connectivity index (χ0n) is 20.8.